The topological polar surface area (TPSA) is 103 Å². The third-order valence-corrected chi connectivity index (χ3v) is 4.84. The number of benzene rings is 1. The van der Waals surface area contributed by atoms with E-state index in [9.17, 15) is 19.1 Å². The number of carboxylic acid groups (broad SMARTS) is 1. The van der Waals surface area contributed by atoms with Crippen LogP contribution in [0.5, 0.6) is 0 Å². The number of fused-ring (bicyclic) bond motifs is 1. The number of aromatic nitrogens is 1. The molecule has 0 saturated carbocycles. The van der Waals surface area contributed by atoms with Crippen molar-refractivity contribution in [2.45, 2.75) is 31.7 Å². The minimum absolute atomic E-state index is 0.0876. The molecule has 0 saturated heterocycles. The van der Waals surface area contributed by atoms with Gasteiger partial charge in [-0.1, -0.05) is 18.2 Å². The maximum absolute atomic E-state index is 13.3. The van der Waals surface area contributed by atoms with E-state index in [0.717, 1.165) is 30.9 Å². The molecule has 1 aromatic heterocycles. The zero-order valence-corrected chi connectivity index (χ0v) is 16.1. The van der Waals surface area contributed by atoms with E-state index in [1.54, 1.807) is 0 Å². The molecule has 1 aliphatic heterocycles. The number of aryl methyl sites for hydroxylation is 1. The summed E-state index contributed by atoms with van der Waals surface area (Å²) in [6.45, 7) is 1.83. The number of pyridine rings is 1. The second-order valence-electron chi connectivity index (χ2n) is 7.02. The number of amides is 1. The summed E-state index contributed by atoms with van der Waals surface area (Å²) in [5.74, 6) is -1.93. The number of nitrogens with zero attached hydrogens (tertiary/aromatic N) is 1. The quantitative estimate of drug-likeness (QED) is 0.481. The average molecular weight is 400 g/mol. The van der Waals surface area contributed by atoms with Crippen LogP contribution in [-0.2, 0) is 22.6 Å². The van der Waals surface area contributed by atoms with Gasteiger partial charge in [0.05, 0.1) is 11.6 Å². The summed E-state index contributed by atoms with van der Waals surface area (Å²) in [5.41, 5.74) is 2.45. The highest BCUT2D eigenvalue weighted by Crippen LogP contribution is 2.19. The number of hydrogen-bond donors (Lipinski definition) is 4. The van der Waals surface area contributed by atoms with Crippen molar-refractivity contribution in [3.8, 4) is 0 Å². The number of carboxylic acids is 1. The number of halogens is 1. The van der Waals surface area contributed by atoms with Gasteiger partial charge in [-0.15, -0.1) is 0 Å². The van der Waals surface area contributed by atoms with Crippen LogP contribution in [0.3, 0.4) is 0 Å². The normalized spacial score (nSPS) is 13.8. The Morgan fingerprint density at radius 1 is 1.28 bits per heavy atom. The molecule has 4 N–H and O–H groups in total. The Balaban J connectivity index is 1.41. The van der Waals surface area contributed by atoms with Crippen LogP contribution in [0.1, 0.15) is 35.6 Å². The van der Waals surface area contributed by atoms with Crippen LogP contribution in [0.15, 0.2) is 36.4 Å². The first kappa shape index (κ1) is 20.7. The molecule has 3 rings (SSSR count). The number of carbonyl (C=O) groups excluding carboxylic acids is 1. The van der Waals surface area contributed by atoms with Crippen molar-refractivity contribution >= 4 is 17.7 Å². The van der Waals surface area contributed by atoms with Crippen molar-refractivity contribution in [2.75, 3.05) is 25.0 Å². The van der Waals surface area contributed by atoms with Gasteiger partial charge in [0.1, 0.15) is 11.6 Å². The smallest absolute Gasteiger partial charge is 0.312 e. The molecule has 7 nitrogen and oxygen atoms in total. The van der Waals surface area contributed by atoms with Gasteiger partial charge in [0.2, 0.25) is 5.91 Å². The highest BCUT2D eigenvalue weighted by Gasteiger charge is 2.21. The summed E-state index contributed by atoms with van der Waals surface area (Å²) in [7, 11) is 0. The molecule has 1 aromatic carbocycles. The van der Waals surface area contributed by atoms with Crippen LogP contribution in [0, 0.1) is 5.82 Å². The maximum atomic E-state index is 13.3. The number of rotatable bonds is 9. The molecule has 0 aliphatic carbocycles. The van der Waals surface area contributed by atoms with Crippen molar-refractivity contribution in [1.29, 1.82) is 0 Å². The fraction of sp³-hybridized carbons (Fsp3) is 0.381. The lowest BCUT2D eigenvalue weighted by Gasteiger charge is -2.17. The zero-order chi connectivity index (χ0) is 20.6. The second-order valence-corrected chi connectivity index (χ2v) is 7.02. The van der Waals surface area contributed by atoms with Gasteiger partial charge in [0.15, 0.2) is 0 Å². The van der Waals surface area contributed by atoms with Crippen molar-refractivity contribution < 1.29 is 19.1 Å². The predicted molar refractivity (Wildman–Crippen MR) is 107 cm³/mol. The number of hydrogen-bond acceptors (Lipinski definition) is 5. The summed E-state index contributed by atoms with van der Waals surface area (Å²) < 4.78 is 13.3. The lowest BCUT2D eigenvalue weighted by Crippen LogP contribution is -2.33. The molecule has 2 heterocycles. The summed E-state index contributed by atoms with van der Waals surface area (Å²) in [4.78, 5) is 28.1. The number of nitrogens with one attached hydrogen (secondary N) is 3. The molecule has 29 heavy (non-hydrogen) atoms. The number of aliphatic carboxylic acids is 1. The van der Waals surface area contributed by atoms with Crippen LogP contribution in [0.4, 0.5) is 10.2 Å². The molecule has 1 atom stereocenters. The molecule has 154 valence electrons. The monoisotopic (exact) mass is 400 g/mol. The molecule has 1 amide bonds. The standard InChI is InChI=1S/C21H25FN4O3/c22-16-5-1-3-15(11-16)18(21(28)29)13-25-19(27)8-10-23-12-17-7-6-14-4-2-9-24-20(14)26-17/h1,3,5-7,11,18,23H,2,4,8-10,12-13H2,(H,24,26)(H,25,27)(H,28,29)/t18-/m1/s1. The van der Waals surface area contributed by atoms with E-state index in [-0.39, 0.29) is 18.9 Å². The first-order valence-corrected chi connectivity index (χ1v) is 9.71. The van der Waals surface area contributed by atoms with Gasteiger partial charge in [-0.25, -0.2) is 9.37 Å². The molecule has 0 spiro atoms. The van der Waals surface area contributed by atoms with Gasteiger partial charge < -0.3 is 21.1 Å². The van der Waals surface area contributed by atoms with Crippen LogP contribution >= 0.6 is 0 Å². The summed E-state index contributed by atoms with van der Waals surface area (Å²) >= 11 is 0. The maximum Gasteiger partial charge on any atom is 0.312 e. The van der Waals surface area contributed by atoms with Gasteiger partial charge in [0.25, 0.3) is 0 Å². The van der Waals surface area contributed by atoms with Crippen molar-refractivity contribution in [1.82, 2.24) is 15.6 Å². The number of carbonyl (C=O) groups is 2. The molecule has 1 aliphatic rings. The van der Waals surface area contributed by atoms with Crippen LogP contribution in [0.25, 0.3) is 0 Å². The highest BCUT2D eigenvalue weighted by molar-refractivity contribution is 5.79. The van der Waals surface area contributed by atoms with E-state index in [4.69, 9.17) is 0 Å². The molecular formula is C21H25FN4O3. The van der Waals surface area contributed by atoms with E-state index < -0.39 is 17.7 Å². The van der Waals surface area contributed by atoms with Crippen molar-refractivity contribution in [3.05, 3.63) is 59.0 Å². The fourth-order valence-electron chi connectivity index (χ4n) is 3.26. The van der Waals surface area contributed by atoms with Gasteiger partial charge >= 0.3 is 5.97 Å². The van der Waals surface area contributed by atoms with Crippen LogP contribution in [-0.4, -0.2) is 41.6 Å². The zero-order valence-electron chi connectivity index (χ0n) is 16.1. The minimum Gasteiger partial charge on any atom is -0.481 e. The summed E-state index contributed by atoms with van der Waals surface area (Å²) in [5, 5.41) is 18.4. The minimum atomic E-state index is -1.11. The van der Waals surface area contributed by atoms with E-state index in [1.807, 2.05) is 6.07 Å². The molecule has 0 unspecified atom stereocenters. The van der Waals surface area contributed by atoms with Gasteiger partial charge in [-0.05, 0) is 42.2 Å². The van der Waals surface area contributed by atoms with E-state index in [1.165, 1.54) is 29.8 Å². The van der Waals surface area contributed by atoms with Gasteiger partial charge in [-0.2, -0.15) is 0 Å². The third kappa shape index (κ3) is 5.99. The Bertz CT molecular complexity index is 875. The molecule has 0 radical (unpaired) electrons. The first-order chi connectivity index (χ1) is 14.0. The molecular weight excluding hydrogens is 375 g/mol. The average Bonchev–Trinajstić information content (AvgIpc) is 2.71. The Labute approximate surface area is 168 Å². The van der Waals surface area contributed by atoms with E-state index >= 15 is 0 Å². The largest absolute Gasteiger partial charge is 0.481 e. The van der Waals surface area contributed by atoms with Crippen molar-refractivity contribution in [2.24, 2.45) is 0 Å². The predicted octanol–water partition coefficient (Wildman–Crippen LogP) is 2.04. The van der Waals surface area contributed by atoms with E-state index in [0.29, 0.717) is 18.7 Å². The molecule has 0 bridgehead atoms. The number of anilines is 1. The Kier molecular flexibility index (Phi) is 7.13. The van der Waals surface area contributed by atoms with E-state index in [2.05, 4.69) is 27.0 Å². The third-order valence-electron chi connectivity index (χ3n) is 4.84. The lowest BCUT2D eigenvalue weighted by molar-refractivity contribution is -0.138. The second kappa shape index (κ2) is 9.97. The Hall–Kier alpha value is -3.00. The summed E-state index contributed by atoms with van der Waals surface area (Å²) in [6, 6.07) is 9.48. The fourth-order valence-corrected chi connectivity index (χ4v) is 3.26. The Morgan fingerprint density at radius 2 is 2.14 bits per heavy atom. The van der Waals surface area contributed by atoms with Crippen LogP contribution < -0.4 is 16.0 Å². The lowest BCUT2D eigenvalue weighted by atomic mass is 9.99. The van der Waals surface area contributed by atoms with Crippen molar-refractivity contribution in [3.63, 3.8) is 0 Å². The SMILES string of the molecule is O=C(CCNCc1ccc2c(n1)NCCC2)NC[C@@H](C(=O)O)c1cccc(F)c1. The molecule has 0 fully saturated rings. The summed E-state index contributed by atoms with van der Waals surface area (Å²) in [6.07, 6.45) is 2.36. The highest BCUT2D eigenvalue weighted by atomic mass is 19.1. The first-order valence-electron chi connectivity index (χ1n) is 9.71. The molecule has 8 heteroatoms. The molecule has 2 aromatic rings. The van der Waals surface area contributed by atoms with Gasteiger partial charge in [0, 0.05) is 32.6 Å². The van der Waals surface area contributed by atoms with Gasteiger partial charge in [-0.3, -0.25) is 9.59 Å². The Morgan fingerprint density at radius 3 is 2.93 bits per heavy atom. The van der Waals surface area contributed by atoms with Crippen LogP contribution in [0.2, 0.25) is 0 Å².